The molecule has 0 atom stereocenters. The first-order valence-corrected chi connectivity index (χ1v) is 9.22. The van der Waals surface area contributed by atoms with E-state index in [9.17, 15) is 8.42 Å². The van der Waals surface area contributed by atoms with Crippen molar-refractivity contribution < 1.29 is 8.42 Å². The Morgan fingerprint density at radius 3 is 2.38 bits per heavy atom. The molecule has 0 spiro atoms. The molecule has 2 aromatic carbocycles. The van der Waals surface area contributed by atoms with Gasteiger partial charge in [-0.2, -0.15) is 0 Å². The minimum Gasteiger partial charge on any atom is -0.370 e. The van der Waals surface area contributed by atoms with Gasteiger partial charge in [-0.05, 0) is 41.8 Å². The first-order valence-electron chi connectivity index (χ1n) is 7.33. The molecular formula is C17H22IN3O2S. The second-order valence-corrected chi connectivity index (χ2v) is 7.31. The summed E-state index contributed by atoms with van der Waals surface area (Å²) >= 11 is 0. The molecule has 0 heterocycles. The number of nitrogens with two attached hydrogens (primary N) is 1. The standard InChI is InChI=1S/C17H21N3O2S.HI/c1-3-13-5-4-6-15(11-13)20-17(18)19-12-14-7-9-16(10-8-14)23(2,21)22;/h4-11H,3,12H2,1-2H3,(H3,18,19,20);1H. The molecule has 130 valence electrons. The van der Waals surface area contributed by atoms with Crippen molar-refractivity contribution in [2.45, 2.75) is 24.8 Å². The van der Waals surface area contributed by atoms with Crippen LogP contribution in [-0.2, 0) is 22.8 Å². The number of aliphatic imine (C=N–C) groups is 1. The average molecular weight is 459 g/mol. The zero-order chi connectivity index (χ0) is 16.9. The fourth-order valence-corrected chi connectivity index (χ4v) is 2.71. The van der Waals surface area contributed by atoms with Gasteiger partial charge in [-0.1, -0.05) is 31.2 Å². The van der Waals surface area contributed by atoms with E-state index < -0.39 is 9.84 Å². The van der Waals surface area contributed by atoms with Crippen LogP contribution in [0.25, 0.3) is 0 Å². The highest BCUT2D eigenvalue weighted by Gasteiger charge is 2.05. The van der Waals surface area contributed by atoms with Crippen molar-refractivity contribution in [1.82, 2.24) is 0 Å². The molecule has 0 unspecified atom stereocenters. The average Bonchev–Trinajstić information content (AvgIpc) is 2.52. The Balaban J connectivity index is 0.00000288. The third kappa shape index (κ3) is 6.12. The van der Waals surface area contributed by atoms with Crippen molar-refractivity contribution in [3.8, 4) is 0 Å². The normalized spacial score (nSPS) is 11.7. The number of anilines is 1. The minimum atomic E-state index is -3.17. The van der Waals surface area contributed by atoms with E-state index in [0.29, 0.717) is 17.4 Å². The van der Waals surface area contributed by atoms with Crippen LogP contribution in [-0.4, -0.2) is 20.6 Å². The van der Waals surface area contributed by atoms with Crippen LogP contribution in [0.3, 0.4) is 0 Å². The van der Waals surface area contributed by atoms with E-state index in [0.717, 1.165) is 17.7 Å². The maximum atomic E-state index is 11.4. The Morgan fingerprint density at radius 1 is 1.12 bits per heavy atom. The van der Waals surface area contributed by atoms with Gasteiger partial charge < -0.3 is 11.1 Å². The second-order valence-electron chi connectivity index (χ2n) is 5.30. The van der Waals surface area contributed by atoms with E-state index in [4.69, 9.17) is 5.73 Å². The molecule has 0 aliphatic carbocycles. The molecule has 24 heavy (non-hydrogen) atoms. The summed E-state index contributed by atoms with van der Waals surface area (Å²) in [5, 5.41) is 3.05. The maximum absolute atomic E-state index is 11.4. The summed E-state index contributed by atoms with van der Waals surface area (Å²) in [6, 6.07) is 14.6. The molecule has 3 N–H and O–H groups in total. The molecular weight excluding hydrogens is 437 g/mol. The fraction of sp³-hybridized carbons (Fsp3) is 0.235. The zero-order valence-corrected chi connectivity index (χ0v) is 16.8. The first-order chi connectivity index (χ1) is 10.9. The van der Waals surface area contributed by atoms with E-state index in [1.54, 1.807) is 24.3 Å². The number of nitrogens with zero attached hydrogens (tertiary/aromatic N) is 1. The SMILES string of the molecule is CCc1cccc(NC(N)=NCc2ccc(S(C)(=O)=O)cc2)c1.I. The summed E-state index contributed by atoms with van der Waals surface area (Å²) < 4.78 is 22.8. The molecule has 0 saturated heterocycles. The van der Waals surface area contributed by atoms with Crippen LogP contribution in [0.15, 0.2) is 58.4 Å². The number of sulfone groups is 1. The van der Waals surface area contributed by atoms with Gasteiger partial charge in [-0.25, -0.2) is 13.4 Å². The molecule has 0 aromatic heterocycles. The van der Waals surface area contributed by atoms with Gasteiger partial charge in [0.2, 0.25) is 0 Å². The monoisotopic (exact) mass is 459 g/mol. The van der Waals surface area contributed by atoms with Crippen LogP contribution in [0.5, 0.6) is 0 Å². The van der Waals surface area contributed by atoms with Gasteiger partial charge in [0.15, 0.2) is 15.8 Å². The van der Waals surface area contributed by atoms with Gasteiger partial charge in [-0.15, -0.1) is 24.0 Å². The number of benzene rings is 2. The summed E-state index contributed by atoms with van der Waals surface area (Å²) in [4.78, 5) is 4.57. The molecule has 0 amide bonds. The molecule has 0 saturated carbocycles. The largest absolute Gasteiger partial charge is 0.370 e. The molecule has 5 nitrogen and oxygen atoms in total. The Labute approximate surface area is 160 Å². The number of nitrogens with one attached hydrogen (secondary N) is 1. The number of aryl methyl sites for hydroxylation is 1. The zero-order valence-electron chi connectivity index (χ0n) is 13.7. The molecule has 2 rings (SSSR count). The summed E-state index contributed by atoms with van der Waals surface area (Å²) in [6.45, 7) is 2.48. The molecule has 0 radical (unpaired) electrons. The molecule has 2 aromatic rings. The summed E-state index contributed by atoms with van der Waals surface area (Å²) in [5.74, 6) is 0.324. The number of hydrogen-bond donors (Lipinski definition) is 2. The quantitative estimate of drug-likeness (QED) is 0.409. The first kappa shape index (κ1) is 20.4. The van der Waals surface area contributed by atoms with Crippen LogP contribution in [0, 0.1) is 0 Å². The van der Waals surface area contributed by atoms with E-state index in [1.807, 2.05) is 18.2 Å². The lowest BCUT2D eigenvalue weighted by Crippen LogP contribution is -2.22. The minimum absolute atomic E-state index is 0. The van der Waals surface area contributed by atoms with Crippen LogP contribution in [0.2, 0.25) is 0 Å². The second kappa shape index (κ2) is 9.03. The van der Waals surface area contributed by atoms with Crippen molar-refractivity contribution in [3.63, 3.8) is 0 Å². The van der Waals surface area contributed by atoms with Gasteiger partial charge in [0.1, 0.15) is 0 Å². The third-order valence-corrected chi connectivity index (χ3v) is 4.52. The fourth-order valence-electron chi connectivity index (χ4n) is 2.07. The van der Waals surface area contributed by atoms with Crippen molar-refractivity contribution in [2.24, 2.45) is 10.7 Å². The lowest BCUT2D eigenvalue weighted by atomic mass is 10.1. The predicted octanol–water partition coefficient (Wildman–Crippen LogP) is 3.20. The van der Waals surface area contributed by atoms with Crippen LogP contribution in [0.1, 0.15) is 18.1 Å². The maximum Gasteiger partial charge on any atom is 0.193 e. The van der Waals surface area contributed by atoms with Gasteiger partial charge >= 0.3 is 0 Å². The smallest absolute Gasteiger partial charge is 0.193 e. The van der Waals surface area contributed by atoms with E-state index in [-0.39, 0.29) is 24.0 Å². The molecule has 0 aliphatic heterocycles. The van der Waals surface area contributed by atoms with Crippen LogP contribution in [0.4, 0.5) is 5.69 Å². The number of guanidine groups is 1. The van der Waals surface area contributed by atoms with Crippen molar-refractivity contribution in [2.75, 3.05) is 11.6 Å². The van der Waals surface area contributed by atoms with Gasteiger partial charge in [0.25, 0.3) is 0 Å². The van der Waals surface area contributed by atoms with Crippen LogP contribution < -0.4 is 11.1 Å². The van der Waals surface area contributed by atoms with E-state index >= 15 is 0 Å². The Bertz CT molecular complexity index is 803. The highest BCUT2D eigenvalue weighted by atomic mass is 127. The topological polar surface area (TPSA) is 84.5 Å². The highest BCUT2D eigenvalue weighted by molar-refractivity contribution is 14.0. The molecule has 0 bridgehead atoms. The Hall–Kier alpha value is -1.61. The summed E-state index contributed by atoms with van der Waals surface area (Å²) in [5.41, 5.74) is 8.90. The lowest BCUT2D eigenvalue weighted by Gasteiger charge is -2.07. The van der Waals surface area contributed by atoms with Crippen LogP contribution >= 0.6 is 24.0 Å². The summed E-state index contributed by atoms with van der Waals surface area (Å²) in [6.07, 6.45) is 2.14. The molecule has 7 heteroatoms. The van der Waals surface area contributed by atoms with Crippen molar-refractivity contribution >= 4 is 45.5 Å². The van der Waals surface area contributed by atoms with Gasteiger partial charge in [0, 0.05) is 11.9 Å². The van der Waals surface area contributed by atoms with E-state index in [2.05, 4.69) is 23.3 Å². The predicted molar refractivity (Wildman–Crippen MR) is 110 cm³/mol. The number of halogens is 1. The van der Waals surface area contributed by atoms with E-state index in [1.165, 1.54) is 11.8 Å². The number of rotatable bonds is 5. The number of hydrogen-bond acceptors (Lipinski definition) is 3. The molecule has 0 aliphatic rings. The highest BCUT2D eigenvalue weighted by Crippen LogP contribution is 2.12. The third-order valence-electron chi connectivity index (χ3n) is 3.39. The van der Waals surface area contributed by atoms with Gasteiger partial charge in [0.05, 0.1) is 11.4 Å². The lowest BCUT2D eigenvalue weighted by molar-refractivity contribution is 0.602. The molecule has 0 fully saturated rings. The Kier molecular flexibility index (Phi) is 7.68. The summed E-state index contributed by atoms with van der Waals surface area (Å²) in [7, 11) is -3.17. The van der Waals surface area contributed by atoms with Crippen molar-refractivity contribution in [1.29, 1.82) is 0 Å². The Morgan fingerprint density at radius 2 is 1.79 bits per heavy atom. The van der Waals surface area contributed by atoms with Gasteiger partial charge in [-0.3, -0.25) is 0 Å². The van der Waals surface area contributed by atoms with Crippen molar-refractivity contribution in [3.05, 3.63) is 59.7 Å².